The minimum atomic E-state index is -0.672. The molecule has 0 amide bonds. The van der Waals surface area contributed by atoms with Gasteiger partial charge in [0.25, 0.3) is 0 Å². The first-order valence-electron chi connectivity index (χ1n) is 4.89. The van der Waals surface area contributed by atoms with Gasteiger partial charge in [-0.3, -0.25) is 0 Å². The molecule has 0 heterocycles. The van der Waals surface area contributed by atoms with Gasteiger partial charge in [-0.05, 0) is 23.6 Å². The predicted molar refractivity (Wildman–Crippen MR) is 64.8 cm³/mol. The normalized spacial score (nSPS) is 14.3. The zero-order chi connectivity index (χ0) is 11.6. The van der Waals surface area contributed by atoms with Crippen LogP contribution in [0.4, 0.5) is 0 Å². The van der Waals surface area contributed by atoms with Crippen molar-refractivity contribution in [2.45, 2.75) is 26.0 Å². The summed E-state index contributed by atoms with van der Waals surface area (Å²) in [5.74, 6) is -0.375. The minimum absolute atomic E-state index is 0. The quantitative estimate of drug-likeness (QED) is 0.610. The van der Waals surface area contributed by atoms with E-state index in [0.717, 1.165) is 0 Å². The number of rotatable bonds is 3. The molecular formula is C11H18ClNO3. The lowest BCUT2D eigenvalue weighted by Gasteiger charge is -2.22. The van der Waals surface area contributed by atoms with E-state index in [1.807, 2.05) is 13.8 Å². The highest BCUT2D eigenvalue weighted by molar-refractivity contribution is 5.85. The highest BCUT2D eigenvalue weighted by Gasteiger charge is 2.20. The predicted octanol–water partition coefficient (Wildman–Crippen LogP) is 1.54. The topological polar surface area (TPSA) is 86.7 Å². The summed E-state index contributed by atoms with van der Waals surface area (Å²) in [7, 11) is 0. The van der Waals surface area contributed by atoms with E-state index in [2.05, 4.69) is 0 Å². The number of hydrogen-bond donors (Lipinski definition) is 4. The number of hydrogen-bond acceptors (Lipinski definition) is 4. The molecule has 0 unspecified atom stereocenters. The van der Waals surface area contributed by atoms with Crippen molar-refractivity contribution < 1.29 is 15.3 Å². The molecule has 0 spiro atoms. The maximum Gasteiger partial charge on any atom is 0.157 e. The van der Waals surface area contributed by atoms with Gasteiger partial charge in [0, 0.05) is 0 Å². The summed E-state index contributed by atoms with van der Waals surface area (Å²) in [5, 5.41) is 28.1. The van der Waals surface area contributed by atoms with Crippen LogP contribution >= 0.6 is 12.4 Å². The molecule has 0 saturated carbocycles. The molecule has 1 rings (SSSR count). The third-order valence-electron chi connectivity index (χ3n) is 2.44. The van der Waals surface area contributed by atoms with E-state index in [1.54, 1.807) is 6.07 Å². The zero-order valence-electron chi connectivity index (χ0n) is 9.29. The van der Waals surface area contributed by atoms with E-state index >= 15 is 0 Å². The summed E-state index contributed by atoms with van der Waals surface area (Å²) in [6.45, 7) is 3.73. The standard InChI is InChI=1S/C11H17NO3.ClH/c1-6(2)11(15)10(12)7-3-4-8(13)9(14)5-7;/h3-6,10-11,13-15H,12H2,1-2H3;1H/t10-,11+;/m1./s1. The SMILES string of the molecule is CC(C)[C@H](O)[C@H](N)c1ccc(O)c(O)c1.Cl. The van der Waals surface area contributed by atoms with E-state index < -0.39 is 12.1 Å². The average Bonchev–Trinajstić information content (AvgIpc) is 2.19. The highest BCUT2D eigenvalue weighted by atomic mass is 35.5. The summed E-state index contributed by atoms with van der Waals surface area (Å²) in [6, 6.07) is 3.76. The monoisotopic (exact) mass is 247 g/mol. The molecule has 5 N–H and O–H groups in total. The van der Waals surface area contributed by atoms with Crippen molar-refractivity contribution in [1.29, 1.82) is 0 Å². The van der Waals surface area contributed by atoms with Gasteiger partial charge in [-0.1, -0.05) is 19.9 Å². The second-order valence-electron chi connectivity index (χ2n) is 4.01. The van der Waals surface area contributed by atoms with E-state index in [4.69, 9.17) is 10.8 Å². The smallest absolute Gasteiger partial charge is 0.157 e. The number of aliphatic hydroxyl groups is 1. The van der Waals surface area contributed by atoms with Gasteiger partial charge in [-0.25, -0.2) is 0 Å². The van der Waals surface area contributed by atoms with Crippen molar-refractivity contribution >= 4 is 12.4 Å². The van der Waals surface area contributed by atoms with Gasteiger partial charge >= 0.3 is 0 Å². The van der Waals surface area contributed by atoms with Crippen LogP contribution in [0.15, 0.2) is 18.2 Å². The lowest BCUT2D eigenvalue weighted by atomic mass is 9.94. The van der Waals surface area contributed by atoms with Crippen LogP contribution in [-0.2, 0) is 0 Å². The van der Waals surface area contributed by atoms with E-state index in [-0.39, 0.29) is 29.8 Å². The number of halogens is 1. The van der Waals surface area contributed by atoms with Gasteiger partial charge in [0.15, 0.2) is 11.5 Å². The van der Waals surface area contributed by atoms with Gasteiger partial charge in [-0.2, -0.15) is 0 Å². The Morgan fingerprint density at radius 1 is 1.12 bits per heavy atom. The van der Waals surface area contributed by atoms with Crippen LogP contribution < -0.4 is 5.73 Å². The highest BCUT2D eigenvalue weighted by Crippen LogP contribution is 2.29. The number of nitrogens with two attached hydrogens (primary N) is 1. The van der Waals surface area contributed by atoms with Crippen molar-refractivity contribution in [3.63, 3.8) is 0 Å². The fourth-order valence-corrected chi connectivity index (χ4v) is 1.36. The molecular weight excluding hydrogens is 230 g/mol. The van der Waals surface area contributed by atoms with Gasteiger partial charge in [0.2, 0.25) is 0 Å². The summed E-state index contributed by atoms with van der Waals surface area (Å²) >= 11 is 0. The minimum Gasteiger partial charge on any atom is -0.504 e. The summed E-state index contributed by atoms with van der Waals surface area (Å²) in [5.41, 5.74) is 6.42. The number of phenolic OH excluding ortho intramolecular Hbond substituents is 2. The molecule has 0 aliphatic carbocycles. The molecule has 1 aromatic rings. The molecule has 0 radical (unpaired) electrons. The molecule has 1 aromatic carbocycles. The van der Waals surface area contributed by atoms with Gasteiger partial charge < -0.3 is 21.1 Å². The second kappa shape index (κ2) is 5.94. The molecule has 0 saturated heterocycles. The summed E-state index contributed by atoms with van der Waals surface area (Å²) in [4.78, 5) is 0. The molecule has 4 nitrogen and oxygen atoms in total. The lowest BCUT2D eigenvalue weighted by molar-refractivity contribution is 0.0978. The Labute approximate surface area is 101 Å². The average molecular weight is 248 g/mol. The molecule has 0 aromatic heterocycles. The van der Waals surface area contributed by atoms with Crippen molar-refractivity contribution in [2.24, 2.45) is 11.7 Å². The maximum absolute atomic E-state index is 9.74. The van der Waals surface area contributed by atoms with E-state index in [0.29, 0.717) is 5.56 Å². The zero-order valence-corrected chi connectivity index (χ0v) is 10.1. The van der Waals surface area contributed by atoms with Crippen molar-refractivity contribution in [2.75, 3.05) is 0 Å². The number of phenols is 2. The van der Waals surface area contributed by atoms with Crippen molar-refractivity contribution in [3.05, 3.63) is 23.8 Å². The second-order valence-corrected chi connectivity index (χ2v) is 4.01. The molecule has 0 fully saturated rings. The van der Waals surface area contributed by atoms with Crippen LogP contribution in [0.5, 0.6) is 11.5 Å². The Kier molecular flexibility index (Phi) is 5.58. The summed E-state index contributed by atoms with van der Waals surface area (Å²) in [6.07, 6.45) is -0.672. The first kappa shape index (κ1) is 15.0. The fourth-order valence-electron chi connectivity index (χ4n) is 1.36. The molecule has 92 valence electrons. The molecule has 0 aliphatic heterocycles. The van der Waals surface area contributed by atoms with Gasteiger partial charge in [0.05, 0.1) is 12.1 Å². The van der Waals surface area contributed by atoms with Crippen LogP contribution in [0.2, 0.25) is 0 Å². The molecule has 2 atom stereocenters. The Balaban J connectivity index is 0.00000225. The Bertz CT molecular complexity index is 344. The van der Waals surface area contributed by atoms with Crippen LogP contribution in [0.25, 0.3) is 0 Å². The van der Waals surface area contributed by atoms with Crippen LogP contribution in [-0.4, -0.2) is 21.4 Å². The Hall–Kier alpha value is -0.970. The van der Waals surface area contributed by atoms with Gasteiger partial charge in [-0.15, -0.1) is 12.4 Å². The number of benzene rings is 1. The van der Waals surface area contributed by atoms with Crippen LogP contribution in [0, 0.1) is 5.92 Å². The lowest BCUT2D eigenvalue weighted by Crippen LogP contribution is -2.30. The van der Waals surface area contributed by atoms with Crippen LogP contribution in [0.1, 0.15) is 25.5 Å². The van der Waals surface area contributed by atoms with Crippen molar-refractivity contribution in [1.82, 2.24) is 0 Å². The first-order valence-corrected chi connectivity index (χ1v) is 4.89. The largest absolute Gasteiger partial charge is 0.504 e. The van der Waals surface area contributed by atoms with Crippen molar-refractivity contribution in [3.8, 4) is 11.5 Å². The maximum atomic E-state index is 9.74. The number of aliphatic hydroxyl groups excluding tert-OH is 1. The third kappa shape index (κ3) is 3.27. The molecule has 5 heteroatoms. The Morgan fingerprint density at radius 2 is 1.69 bits per heavy atom. The Morgan fingerprint density at radius 3 is 2.12 bits per heavy atom. The van der Waals surface area contributed by atoms with E-state index in [9.17, 15) is 10.2 Å². The number of aromatic hydroxyl groups is 2. The fraction of sp³-hybridized carbons (Fsp3) is 0.455. The van der Waals surface area contributed by atoms with Gasteiger partial charge in [0.1, 0.15) is 0 Å². The third-order valence-corrected chi connectivity index (χ3v) is 2.44. The van der Waals surface area contributed by atoms with Crippen LogP contribution in [0.3, 0.4) is 0 Å². The molecule has 0 bridgehead atoms. The first-order chi connectivity index (χ1) is 6.93. The molecule has 0 aliphatic rings. The van der Waals surface area contributed by atoms with E-state index in [1.165, 1.54) is 12.1 Å². The molecule has 16 heavy (non-hydrogen) atoms. The summed E-state index contributed by atoms with van der Waals surface area (Å²) < 4.78 is 0.